The van der Waals surface area contributed by atoms with E-state index in [0.717, 1.165) is 10.8 Å². The molecule has 0 unspecified atom stereocenters. The number of anilines is 1. The second-order valence-electron chi connectivity index (χ2n) is 3.81. The van der Waals surface area contributed by atoms with Gasteiger partial charge in [-0.1, -0.05) is 13.8 Å². The zero-order valence-electron chi connectivity index (χ0n) is 9.69. The summed E-state index contributed by atoms with van der Waals surface area (Å²) in [6.07, 6.45) is 1.49. The Labute approximate surface area is 99.6 Å². The fourth-order valence-corrected chi connectivity index (χ4v) is 1.90. The molecule has 0 spiro atoms. The maximum absolute atomic E-state index is 11.4. The lowest BCUT2D eigenvalue weighted by molar-refractivity contribution is 0.0601. The van der Waals surface area contributed by atoms with Crippen molar-refractivity contribution in [3.8, 4) is 0 Å². The van der Waals surface area contributed by atoms with Crippen molar-refractivity contribution >= 4 is 23.4 Å². The first-order valence-electron chi connectivity index (χ1n) is 5.01. The Kier molecular flexibility index (Phi) is 4.61. The van der Waals surface area contributed by atoms with Gasteiger partial charge in [0.15, 0.2) is 0 Å². The Balaban J connectivity index is 2.85. The smallest absolute Gasteiger partial charge is 0.340 e. The zero-order valence-corrected chi connectivity index (χ0v) is 10.5. The van der Waals surface area contributed by atoms with E-state index in [4.69, 9.17) is 5.73 Å². The summed E-state index contributed by atoms with van der Waals surface area (Å²) in [6, 6.07) is 1.67. The fraction of sp³-hybridized carbons (Fsp3) is 0.455. The number of carbonyl (C=O) groups is 1. The third kappa shape index (κ3) is 3.41. The normalized spacial score (nSPS) is 10.5. The highest BCUT2D eigenvalue weighted by Crippen LogP contribution is 2.22. The molecule has 0 fully saturated rings. The molecule has 0 bridgehead atoms. The maximum atomic E-state index is 11.4. The molecule has 0 aromatic carbocycles. The van der Waals surface area contributed by atoms with Crippen LogP contribution < -0.4 is 5.73 Å². The predicted octanol–water partition coefficient (Wildman–Crippen LogP) is 2.20. The van der Waals surface area contributed by atoms with E-state index in [0.29, 0.717) is 17.2 Å². The van der Waals surface area contributed by atoms with Gasteiger partial charge >= 0.3 is 5.97 Å². The molecule has 0 aliphatic rings. The number of rotatable bonds is 4. The number of nitrogens with zero attached hydrogens (tertiary/aromatic N) is 1. The van der Waals surface area contributed by atoms with Crippen LogP contribution in [0.2, 0.25) is 0 Å². The number of hydrogen-bond acceptors (Lipinski definition) is 5. The number of carbonyl (C=O) groups excluding carboxylic acids is 1. The minimum atomic E-state index is -0.425. The number of hydrogen-bond donors (Lipinski definition) is 1. The Morgan fingerprint density at radius 2 is 2.31 bits per heavy atom. The molecule has 88 valence electrons. The van der Waals surface area contributed by atoms with E-state index in [1.165, 1.54) is 13.3 Å². The third-order valence-electron chi connectivity index (χ3n) is 1.88. The summed E-state index contributed by atoms with van der Waals surface area (Å²) in [4.78, 5) is 15.5. The van der Waals surface area contributed by atoms with Gasteiger partial charge in [-0.2, -0.15) is 0 Å². The lowest BCUT2D eigenvalue weighted by Gasteiger charge is -2.07. The van der Waals surface area contributed by atoms with E-state index < -0.39 is 5.97 Å². The number of nitrogens with two attached hydrogens (primary N) is 1. The first kappa shape index (κ1) is 12.8. The van der Waals surface area contributed by atoms with Crippen molar-refractivity contribution in [2.45, 2.75) is 18.9 Å². The van der Waals surface area contributed by atoms with Gasteiger partial charge in [-0.3, -0.25) is 0 Å². The van der Waals surface area contributed by atoms with Gasteiger partial charge in [0.1, 0.15) is 0 Å². The Morgan fingerprint density at radius 3 is 2.88 bits per heavy atom. The van der Waals surface area contributed by atoms with Crippen LogP contribution in [0.25, 0.3) is 0 Å². The predicted molar refractivity (Wildman–Crippen MR) is 65.6 cm³/mol. The maximum Gasteiger partial charge on any atom is 0.340 e. The van der Waals surface area contributed by atoms with E-state index in [2.05, 4.69) is 23.6 Å². The van der Waals surface area contributed by atoms with Crippen molar-refractivity contribution < 1.29 is 9.53 Å². The fourth-order valence-electron chi connectivity index (χ4n) is 1.06. The summed E-state index contributed by atoms with van der Waals surface area (Å²) in [7, 11) is 1.34. The molecule has 2 N–H and O–H groups in total. The second-order valence-corrected chi connectivity index (χ2v) is 4.85. The topological polar surface area (TPSA) is 65.2 Å². The van der Waals surface area contributed by atoms with Crippen molar-refractivity contribution in [1.29, 1.82) is 0 Å². The van der Waals surface area contributed by atoms with E-state index >= 15 is 0 Å². The standard InChI is InChI=1S/C11H16N2O2S/c1-7(2)6-16-10-4-8(11(14)15-3)9(12)5-13-10/h4-5,7H,6,12H2,1-3H3. The molecule has 16 heavy (non-hydrogen) atoms. The van der Waals surface area contributed by atoms with Crippen LogP contribution in [0.15, 0.2) is 17.3 Å². The monoisotopic (exact) mass is 240 g/mol. The van der Waals surface area contributed by atoms with Gasteiger partial charge in [0.2, 0.25) is 0 Å². The second kappa shape index (κ2) is 5.75. The minimum absolute atomic E-state index is 0.348. The molecule has 1 aromatic rings. The lowest BCUT2D eigenvalue weighted by Crippen LogP contribution is -2.06. The van der Waals surface area contributed by atoms with Crippen molar-refractivity contribution in [1.82, 2.24) is 4.98 Å². The number of methoxy groups -OCH3 is 1. The van der Waals surface area contributed by atoms with Crippen molar-refractivity contribution in [3.63, 3.8) is 0 Å². The number of aromatic nitrogens is 1. The van der Waals surface area contributed by atoms with Crippen LogP contribution in [-0.2, 0) is 4.74 Å². The highest BCUT2D eigenvalue weighted by molar-refractivity contribution is 7.99. The molecule has 0 amide bonds. The Hall–Kier alpha value is -1.23. The van der Waals surface area contributed by atoms with Gasteiger partial charge < -0.3 is 10.5 Å². The van der Waals surface area contributed by atoms with Crippen LogP contribution in [0.5, 0.6) is 0 Å². The van der Waals surface area contributed by atoms with Crippen LogP contribution in [0.1, 0.15) is 24.2 Å². The molecule has 0 saturated heterocycles. The molecule has 0 atom stereocenters. The minimum Gasteiger partial charge on any atom is -0.465 e. The first-order chi connectivity index (χ1) is 7.54. The number of pyridine rings is 1. The molecule has 1 rings (SSSR count). The van der Waals surface area contributed by atoms with E-state index in [9.17, 15) is 4.79 Å². The highest BCUT2D eigenvalue weighted by atomic mass is 32.2. The highest BCUT2D eigenvalue weighted by Gasteiger charge is 2.11. The molecule has 0 aliphatic carbocycles. The first-order valence-corrected chi connectivity index (χ1v) is 5.99. The molecule has 4 nitrogen and oxygen atoms in total. The molecule has 5 heteroatoms. The van der Waals surface area contributed by atoms with Gasteiger partial charge in [-0.15, -0.1) is 11.8 Å². The van der Waals surface area contributed by atoms with Crippen LogP contribution in [0.4, 0.5) is 5.69 Å². The molecule has 0 radical (unpaired) electrons. The number of ether oxygens (including phenoxy) is 1. The summed E-state index contributed by atoms with van der Waals surface area (Å²) in [5, 5.41) is 0.795. The summed E-state index contributed by atoms with van der Waals surface area (Å²) in [6.45, 7) is 4.26. The van der Waals surface area contributed by atoms with Crippen molar-refractivity contribution in [2.75, 3.05) is 18.6 Å². The van der Waals surface area contributed by atoms with Gasteiger partial charge in [0, 0.05) is 5.75 Å². The summed E-state index contributed by atoms with van der Waals surface area (Å²) >= 11 is 1.60. The Bertz CT molecular complexity index is 380. The van der Waals surface area contributed by atoms with Crippen LogP contribution in [0.3, 0.4) is 0 Å². The Morgan fingerprint density at radius 1 is 1.62 bits per heavy atom. The van der Waals surface area contributed by atoms with Crippen LogP contribution >= 0.6 is 11.8 Å². The molecule has 0 saturated carbocycles. The average Bonchev–Trinajstić information content (AvgIpc) is 2.27. The summed E-state index contributed by atoms with van der Waals surface area (Å²) in [5.41, 5.74) is 6.38. The molecular weight excluding hydrogens is 224 g/mol. The van der Waals surface area contributed by atoms with Crippen molar-refractivity contribution in [3.05, 3.63) is 17.8 Å². The van der Waals surface area contributed by atoms with Gasteiger partial charge in [0.25, 0.3) is 0 Å². The number of thioether (sulfide) groups is 1. The van der Waals surface area contributed by atoms with E-state index in [1.807, 2.05) is 0 Å². The zero-order chi connectivity index (χ0) is 12.1. The summed E-state index contributed by atoms with van der Waals surface area (Å²) in [5.74, 6) is 1.11. The van der Waals surface area contributed by atoms with Gasteiger partial charge in [-0.05, 0) is 12.0 Å². The third-order valence-corrected chi connectivity index (χ3v) is 3.23. The largest absolute Gasteiger partial charge is 0.465 e. The van der Waals surface area contributed by atoms with Gasteiger partial charge in [-0.25, -0.2) is 9.78 Å². The quantitative estimate of drug-likeness (QED) is 0.645. The number of esters is 1. The molecular formula is C11H16N2O2S. The molecule has 1 heterocycles. The summed E-state index contributed by atoms with van der Waals surface area (Å²) < 4.78 is 4.64. The van der Waals surface area contributed by atoms with Crippen LogP contribution in [-0.4, -0.2) is 23.8 Å². The van der Waals surface area contributed by atoms with Crippen molar-refractivity contribution in [2.24, 2.45) is 5.92 Å². The van der Waals surface area contributed by atoms with E-state index in [1.54, 1.807) is 17.8 Å². The van der Waals surface area contributed by atoms with Gasteiger partial charge in [0.05, 0.1) is 29.6 Å². The SMILES string of the molecule is COC(=O)c1cc(SCC(C)C)ncc1N. The lowest BCUT2D eigenvalue weighted by atomic mass is 10.2. The average molecular weight is 240 g/mol. The molecule has 1 aromatic heterocycles. The molecule has 0 aliphatic heterocycles. The number of nitrogen functional groups attached to an aromatic ring is 1. The van der Waals surface area contributed by atoms with Crippen LogP contribution in [0, 0.1) is 5.92 Å². The van der Waals surface area contributed by atoms with E-state index in [-0.39, 0.29) is 0 Å².